The van der Waals surface area contributed by atoms with Gasteiger partial charge in [-0.25, -0.2) is 0 Å². The summed E-state index contributed by atoms with van der Waals surface area (Å²) in [5.74, 6) is 0.0194. The minimum absolute atomic E-state index is 0.0872. The maximum atomic E-state index is 11.6. The van der Waals surface area contributed by atoms with Crippen LogP contribution in [0.4, 0.5) is 0 Å². The Labute approximate surface area is 116 Å². The number of hydrogen-bond acceptors (Lipinski definition) is 3. The molecule has 0 aliphatic rings. The highest BCUT2D eigenvalue weighted by Gasteiger charge is 2.17. The molecule has 2 unspecified atom stereocenters. The van der Waals surface area contributed by atoms with E-state index in [9.17, 15) is 9.90 Å². The number of carbonyl (C=O) groups excluding carboxylic acids is 1. The highest BCUT2D eigenvalue weighted by atomic mass is 16.3. The highest BCUT2D eigenvalue weighted by Crippen LogP contribution is 2.14. The predicted molar refractivity (Wildman–Crippen MR) is 80.5 cm³/mol. The molecule has 0 amide bonds. The fourth-order valence-corrected chi connectivity index (χ4v) is 1.76. The Morgan fingerprint density at radius 1 is 1.32 bits per heavy atom. The SMILES string of the molecule is C=C/C=C(NC(O)C(C)CCC)\C(=C/C=C)C(C)=O. The van der Waals surface area contributed by atoms with E-state index in [0.717, 1.165) is 12.8 Å². The summed E-state index contributed by atoms with van der Waals surface area (Å²) in [4.78, 5) is 11.6. The number of allylic oxidation sites excluding steroid dienone is 5. The molecule has 3 nitrogen and oxygen atoms in total. The average molecular weight is 263 g/mol. The van der Waals surface area contributed by atoms with Gasteiger partial charge in [-0.2, -0.15) is 0 Å². The number of rotatable bonds is 9. The monoisotopic (exact) mass is 263 g/mol. The molecular formula is C16H25NO2. The highest BCUT2D eigenvalue weighted by molar-refractivity contribution is 5.97. The van der Waals surface area contributed by atoms with Gasteiger partial charge in [-0.05, 0) is 25.5 Å². The zero-order chi connectivity index (χ0) is 14.8. The van der Waals surface area contributed by atoms with Gasteiger partial charge < -0.3 is 10.4 Å². The van der Waals surface area contributed by atoms with Crippen LogP contribution in [0.5, 0.6) is 0 Å². The van der Waals surface area contributed by atoms with Crippen LogP contribution in [0, 0.1) is 5.92 Å². The molecule has 106 valence electrons. The van der Waals surface area contributed by atoms with Crippen LogP contribution in [0.15, 0.2) is 48.7 Å². The van der Waals surface area contributed by atoms with Gasteiger partial charge in [0.1, 0.15) is 6.23 Å². The van der Waals surface area contributed by atoms with Gasteiger partial charge in [-0.3, -0.25) is 4.79 Å². The summed E-state index contributed by atoms with van der Waals surface area (Å²) in [6.07, 6.45) is 7.66. The first-order valence-corrected chi connectivity index (χ1v) is 6.59. The van der Waals surface area contributed by atoms with E-state index in [2.05, 4.69) is 25.4 Å². The van der Waals surface area contributed by atoms with Crippen molar-refractivity contribution >= 4 is 5.78 Å². The first kappa shape index (κ1) is 17.4. The molecule has 0 fully saturated rings. The summed E-state index contributed by atoms with van der Waals surface area (Å²) in [5, 5.41) is 13.1. The van der Waals surface area contributed by atoms with E-state index in [4.69, 9.17) is 0 Å². The van der Waals surface area contributed by atoms with Gasteiger partial charge in [0, 0.05) is 17.2 Å². The third-order valence-electron chi connectivity index (χ3n) is 2.82. The van der Waals surface area contributed by atoms with Crippen molar-refractivity contribution in [2.24, 2.45) is 5.92 Å². The molecule has 0 heterocycles. The molecule has 0 aromatic heterocycles. The lowest BCUT2D eigenvalue weighted by Crippen LogP contribution is -2.35. The minimum Gasteiger partial charge on any atom is -0.374 e. The van der Waals surface area contributed by atoms with Gasteiger partial charge in [-0.1, -0.05) is 45.6 Å². The van der Waals surface area contributed by atoms with Crippen molar-refractivity contribution < 1.29 is 9.90 Å². The average Bonchev–Trinajstić information content (AvgIpc) is 2.35. The summed E-state index contributed by atoms with van der Waals surface area (Å²) in [5.41, 5.74) is 1.05. The van der Waals surface area contributed by atoms with Gasteiger partial charge >= 0.3 is 0 Å². The van der Waals surface area contributed by atoms with E-state index in [1.807, 2.05) is 6.92 Å². The smallest absolute Gasteiger partial charge is 0.161 e. The first-order chi connectivity index (χ1) is 8.97. The Bertz CT molecular complexity index is 380. The van der Waals surface area contributed by atoms with Crippen LogP contribution in [-0.2, 0) is 4.79 Å². The quantitative estimate of drug-likeness (QED) is 0.382. The van der Waals surface area contributed by atoms with Crippen molar-refractivity contribution in [1.29, 1.82) is 0 Å². The van der Waals surface area contributed by atoms with Gasteiger partial charge in [0.05, 0.1) is 0 Å². The van der Waals surface area contributed by atoms with Crippen molar-refractivity contribution in [3.8, 4) is 0 Å². The molecule has 0 aromatic carbocycles. The fraction of sp³-hybridized carbons (Fsp3) is 0.438. The van der Waals surface area contributed by atoms with Crippen LogP contribution in [-0.4, -0.2) is 17.1 Å². The van der Waals surface area contributed by atoms with Gasteiger partial charge in [0.15, 0.2) is 5.78 Å². The zero-order valence-corrected chi connectivity index (χ0v) is 12.1. The van der Waals surface area contributed by atoms with E-state index < -0.39 is 6.23 Å². The molecule has 0 bridgehead atoms. The standard InChI is InChI=1S/C16H25NO2/c1-6-9-12(4)16(19)17-15(11-8-3)14(10-7-2)13(5)18/h7-8,10-12,16-17,19H,2-3,6,9H2,1,4-5H3/b14-10-,15-11+. The van der Waals surface area contributed by atoms with E-state index in [1.54, 1.807) is 24.3 Å². The zero-order valence-electron chi connectivity index (χ0n) is 12.1. The number of hydrogen-bond donors (Lipinski definition) is 2. The Balaban J connectivity index is 5.08. The largest absolute Gasteiger partial charge is 0.374 e. The normalized spacial score (nSPS) is 15.6. The summed E-state index contributed by atoms with van der Waals surface area (Å²) < 4.78 is 0. The first-order valence-electron chi connectivity index (χ1n) is 6.59. The van der Waals surface area contributed by atoms with Crippen molar-refractivity contribution in [1.82, 2.24) is 5.32 Å². The molecule has 0 saturated carbocycles. The van der Waals surface area contributed by atoms with Crippen LogP contribution < -0.4 is 5.32 Å². The molecule has 2 atom stereocenters. The number of ketones is 1. The summed E-state index contributed by atoms with van der Waals surface area (Å²) in [7, 11) is 0. The summed E-state index contributed by atoms with van der Waals surface area (Å²) in [6, 6.07) is 0. The molecule has 0 aliphatic heterocycles. The number of carbonyl (C=O) groups is 1. The van der Waals surface area contributed by atoms with Crippen LogP contribution in [0.25, 0.3) is 0 Å². The molecule has 0 aromatic rings. The molecule has 2 N–H and O–H groups in total. The summed E-state index contributed by atoms with van der Waals surface area (Å²) in [6.45, 7) is 12.7. The number of Topliss-reactive ketones (excluding diaryl/α,β-unsaturated/α-hetero) is 1. The Morgan fingerprint density at radius 3 is 2.32 bits per heavy atom. The summed E-state index contributed by atoms with van der Waals surface area (Å²) >= 11 is 0. The van der Waals surface area contributed by atoms with E-state index >= 15 is 0 Å². The van der Waals surface area contributed by atoms with E-state index in [-0.39, 0.29) is 11.7 Å². The molecule has 0 rings (SSSR count). The van der Waals surface area contributed by atoms with Crippen molar-refractivity contribution in [2.75, 3.05) is 0 Å². The lowest BCUT2D eigenvalue weighted by Gasteiger charge is -2.23. The van der Waals surface area contributed by atoms with Crippen molar-refractivity contribution in [2.45, 2.75) is 39.8 Å². The third kappa shape index (κ3) is 6.20. The van der Waals surface area contributed by atoms with Crippen LogP contribution in [0.1, 0.15) is 33.6 Å². The van der Waals surface area contributed by atoms with Crippen molar-refractivity contribution in [3.05, 3.63) is 48.7 Å². The number of aliphatic hydroxyl groups excluding tert-OH is 1. The van der Waals surface area contributed by atoms with Gasteiger partial charge in [0.2, 0.25) is 0 Å². The van der Waals surface area contributed by atoms with Gasteiger partial charge in [-0.15, -0.1) is 0 Å². The maximum Gasteiger partial charge on any atom is 0.161 e. The lowest BCUT2D eigenvalue weighted by molar-refractivity contribution is -0.113. The van der Waals surface area contributed by atoms with E-state index in [0.29, 0.717) is 11.3 Å². The van der Waals surface area contributed by atoms with Crippen LogP contribution in [0.2, 0.25) is 0 Å². The second-order valence-electron chi connectivity index (χ2n) is 4.54. The molecule has 0 saturated heterocycles. The number of nitrogens with one attached hydrogen (secondary N) is 1. The maximum absolute atomic E-state index is 11.6. The Kier molecular flexibility index (Phi) is 8.55. The van der Waals surface area contributed by atoms with Crippen LogP contribution >= 0.6 is 0 Å². The molecule has 0 radical (unpaired) electrons. The molecule has 3 heteroatoms. The van der Waals surface area contributed by atoms with E-state index in [1.165, 1.54) is 6.92 Å². The second kappa shape index (κ2) is 9.34. The minimum atomic E-state index is -0.696. The van der Waals surface area contributed by atoms with Crippen molar-refractivity contribution in [3.63, 3.8) is 0 Å². The Morgan fingerprint density at radius 2 is 1.89 bits per heavy atom. The Hall–Kier alpha value is -1.61. The fourth-order valence-electron chi connectivity index (χ4n) is 1.76. The topological polar surface area (TPSA) is 49.3 Å². The second-order valence-corrected chi connectivity index (χ2v) is 4.54. The third-order valence-corrected chi connectivity index (χ3v) is 2.82. The number of aliphatic hydroxyl groups is 1. The predicted octanol–water partition coefficient (Wildman–Crippen LogP) is 3.10. The van der Waals surface area contributed by atoms with Crippen LogP contribution in [0.3, 0.4) is 0 Å². The van der Waals surface area contributed by atoms with Gasteiger partial charge in [0.25, 0.3) is 0 Å². The molecule has 19 heavy (non-hydrogen) atoms. The molecular weight excluding hydrogens is 238 g/mol. The molecule has 0 spiro atoms. The lowest BCUT2D eigenvalue weighted by atomic mass is 10.0. The molecule has 0 aliphatic carbocycles.